The highest BCUT2D eigenvalue weighted by Crippen LogP contribution is 2.11. The second-order valence-electron chi connectivity index (χ2n) is 5.43. The van der Waals surface area contributed by atoms with Gasteiger partial charge in [0.1, 0.15) is 6.61 Å². The van der Waals surface area contributed by atoms with Crippen molar-refractivity contribution in [1.82, 2.24) is 30.0 Å². The van der Waals surface area contributed by atoms with E-state index >= 15 is 0 Å². The van der Waals surface area contributed by atoms with Gasteiger partial charge in [0, 0.05) is 33.3 Å². The predicted octanol–water partition coefficient (Wildman–Crippen LogP) is -0.0471. The molecule has 0 radical (unpaired) electrons. The number of para-hydroxylation sites is 1. The largest absolute Gasteiger partial charge is 0.375 e. The maximum Gasteiger partial charge on any atom is 0.248 e. The van der Waals surface area contributed by atoms with E-state index in [1.165, 1.54) is 7.11 Å². The van der Waals surface area contributed by atoms with Crippen molar-refractivity contribution in [2.75, 3.05) is 39.9 Å². The monoisotopic (exact) mass is 316 g/mol. The summed E-state index contributed by atoms with van der Waals surface area (Å²) >= 11 is 0. The van der Waals surface area contributed by atoms with Crippen molar-refractivity contribution in [1.29, 1.82) is 0 Å². The Kier molecular flexibility index (Phi) is 4.94. The molecule has 8 nitrogen and oxygen atoms in total. The Balaban J connectivity index is 1.60. The van der Waals surface area contributed by atoms with Crippen LogP contribution in [0, 0.1) is 0 Å². The van der Waals surface area contributed by atoms with E-state index in [0.717, 1.165) is 24.6 Å². The Morgan fingerprint density at radius 1 is 1.17 bits per heavy atom. The van der Waals surface area contributed by atoms with Crippen LogP contribution >= 0.6 is 0 Å². The number of ether oxygens (including phenoxy) is 1. The first-order valence-corrected chi connectivity index (χ1v) is 7.59. The normalized spacial score (nSPS) is 15.8. The topological polar surface area (TPSA) is 76.4 Å². The zero-order valence-electron chi connectivity index (χ0n) is 13.1. The van der Waals surface area contributed by atoms with Gasteiger partial charge in [0.05, 0.1) is 12.2 Å². The fourth-order valence-electron chi connectivity index (χ4n) is 2.64. The molecule has 0 N–H and O–H groups in total. The van der Waals surface area contributed by atoms with Crippen molar-refractivity contribution in [2.45, 2.75) is 6.54 Å². The number of carbonyl (C=O) groups is 1. The van der Waals surface area contributed by atoms with E-state index in [1.807, 2.05) is 35.2 Å². The molecule has 8 heteroatoms. The smallest absolute Gasteiger partial charge is 0.248 e. The Bertz CT molecular complexity index is 636. The zero-order chi connectivity index (χ0) is 16.1. The van der Waals surface area contributed by atoms with E-state index < -0.39 is 0 Å². The van der Waals surface area contributed by atoms with E-state index in [9.17, 15) is 4.79 Å². The average molecular weight is 316 g/mol. The minimum absolute atomic E-state index is 0.0428. The Labute approximate surface area is 134 Å². The van der Waals surface area contributed by atoms with Crippen molar-refractivity contribution in [3.8, 4) is 5.69 Å². The number of nitrogens with zero attached hydrogens (tertiary/aromatic N) is 6. The maximum absolute atomic E-state index is 11.8. The number of aromatic nitrogens is 4. The maximum atomic E-state index is 11.8. The van der Waals surface area contributed by atoms with Gasteiger partial charge >= 0.3 is 0 Å². The summed E-state index contributed by atoms with van der Waals surface area (Å²) in [5, 5.41) is 12.0. The van der Waals surface area contributed by atoms with Crippen LogP contribution < -0.4 is 0 Å². The molecule has 1 aromatic heterocycles. The highest BCUT2D eigenvalue weighted by Gasteiger charge is 2.22. The van der Waals surface area contributed by atoms with Crippen LogP contribution in [0.1, 0.15) is 5.82 Å². The minimum atomic E-state index is 0.0428. The van der Waals surface area contributed by atoms with Gasteiger partial charge in [0.2, 0.25) is 5.91 Å². The van der Waals surface area contributed by atoms with Crippen LogP contribution in [0.25, 0.3) is 5.69 Å². The molecule has 2 heterocycles. The summed E-state index contributed by atoms with van der Waals surface area (Å²) in [6.45, 7) is 3.82. The first-order chi connectivity index (χ1) is 11.3. The minimum Gasteiger partial charge on any atom is -0.375 e. The Morgan fingerprint density at radius 3 is 2.61 bits per heavy atom. The van der Waals surface area contributed by atoms with Crippen molar-refractivity contribution >= 4 is 5.91 Å². The summed E-state index contributed by atoms with van der Waals surface area (Å²) in [7, 11) is 1.54. The van der Waals surface area contributed by atoms with E-state index in [2.05, 4.69) is 20.4 Å². The van der Waals surface area contributed by atoms with Gasteiger partial charge in [-0.15, -0.1) is 5.10 Å². The van der Waals surface area contributed by atoms with Gasteiger partial charge in [0.25, 0.3) is 0 Å². The van der Waals surface area contributed by atoms with Gasteiger partial charge in [-0.2, -0.15) is 4.68 Å². The summed E-state index contributed by atoms with van der Waals surface area (Å²) in [5.41, 5.74) is 0.946. The molecule has 1 saturated heterocycles. The lowest BCUT2D eigenvalue weighted by Crippen LogP contribution is -2.49. The highest BCUT2D eigenvalue weighted by molar-refractivity contribution is 5.77. The SMILES string of the molecule is COCC(=O)N1CCN(Cc2nnnn2-c2ccccc2)CC1. The number of benzene rings is 1. The fraction of sp³-hybridized carbons (Fsp3) is 0.467. The molecule has 1 aliphatic heterocycles. The van der Waals surface area contributed by atoms with Crippen molar-refractivity contribution in [3.05, 3.63) is 36.2 Å². The molecule has 3 rings (SSSR count). The molecule has 23 heavy (non-hydrogen) atoms. The molecule has 0 saturated carbocycles. The zero-order valence-corrected chi connectivity index (χ0v) is 13.1. The molecule has 0 bridgehead atoms. The van der Waals surface area contributed by atoms with Crippen LogP contribution in [0.4, 0.5) is 0 Å². The number of carbonyl (C=O) groups excluding carboxylic acids is 1. The van der Waals surface area contributed by atoms with Crippen LogP contribution in [0.2, 0.25) is 0 Å². The molecular weight excluding hydrogens is 296 g/mol. The number of methoxy groups -OCH3 is 1. The second-order valence-corrected chi connectivity index (χ2v) is 5.43. The van der Waals surface area contributed by atoms with Gasteiger partial charge in [-0.05, 0) is 22.6 Å². The Hall–Kier alpha value is -2.32. The molecule has 0 unspecified atom stereocenters. The van der Waals surface area contributed by atoms with Gasteiger partial charge in [0.15, 0.2) is 5.82 Å². The summed E-state index contributed by atoms with van der Waals surface area (Å²) in [5.74, 6) is 0.842. The first-order valence-electron chi connectivity index (χ1n) is 7.59. The third kappa shape index (κ3) is 3.72. The summed E-state index contributed by atoms with van der Waals surface area (Å²) in [6, 6.07) is 9.83. The second kappa shape index (κ2) is 7.30. The summed E-state index contributed by atoms with van der Waals surface area (Å²) in [6.07, 6.45) is 0. The molecule has 2 aromatic rings. The van der Waals surface area contributed by atoms with Crippen LogP contribution in [-0.2, 0) is 16.1 Å². The Morgan fingerprint density at radius 2 is 1.91 bits per heavy atom. The first kappa shape index (κ1) is 15.6. The fourth-order valence-corrected chi connectivity index (χ4v) is 2.64. The van der Waals surface area contributed by atoms with Crippen LogP contribution in [-0.4, -0.2) is 75.8 Å². The lowest BCUT2D eigenvalue weighted by molar-refractivity contribution is -0.136. The molecular formula is C15H20N6O2. The standard InChI is InChI=1S/C15H20N6O2/c1-23-12-15(22)20-9-7-19(8-10-20)11-14-16-17-18-21(14)13-5-3-2-4-6-13/h2-6H,7-12H2,1H3. The molecule has 1 aromatic carbocycles. The van der Waals surface area contributed by atoms with E-state index in [1.54, 1.807) is 4.68 Å². The summed E-state index contributed by atoms with van der Waals surface area (Å²) in [4.78, 5) is 15.9. The molecule has 0 atom stereocenters. The third-order valence-electron chi connectivity index (χ3n) is 3.89. The van der Waals surface area contributed by atoms with Crippen molar-refractivity contribution < 1.29 is 9.53 Å². The van der Waals surface area contributed by atoms with Gasteiger partial charge in [-0.25, -0.2) is 0 Å². The molecule has 1 aliphatic rings. The van der Waals surface area contributed by atoms with E-state index in [0.29, 0.717) is 19.6 Å². The quantitative estimate of drug-likeness (QED) is 0.770. The molecule has 1 fully saturated rings. The van der Waals surface area contributed by atoms with Gasteiger partial charge < -0.3 is 9.64 Å². The van der Waals surface area contributed by atoms with Crippen LogP contribution in [0.3, 0.4) is 0 Å². The van der Waals surface area contributed by atoms with Crippen LogP contribution in [0.5, 0.6) is 0 Å². The van der Waals surface area contributed by atoms with E-state index in [4.69, 9.17) is 4.74 Å². The molecule has 0 aliphatic carbocycles. The van der Waals surface area contributed by atoms with Crippen LogP contribution in [0.15, 0.2) is 30.3 Å². The number of amides is 1. The molecule has 122 valence electrons. The number of hydrogen-bond donors (Lipinski definition) is 0. The van der Waals surface area contributed by atoms with E-state index in [-0.39, 0.29) is 12.5 Å². The third-order valence-corrected chi connectivity index (χ3v) is 3.89. The summed E-state index contributed by atoms with van der Waals surface area (Å²) < 4.78 is 6.65. The number of tetrazole rings is 1. The number of piperazine rings is 1. The van der Waals surface area contributed by atoms with Crippen molar-refractivity contribution in [2.24, 2.45) is 0 Å². The lowest BCUT2D eigenvalue weighted by Gasteiger charge is -2.34. The van der Waals surface area contributed by atoms with Gasteiger partial charge in [-0.1, -0.05) is 18.2 Å². The predicted molar refractivity (Wildman–Crippen MR) is 82.9 cm³/mol. The number of rotatable bonds is 5. The van der Waals surface area contributed by atoms with Gasteiger partial charge in [-0.3, -0.25) is 9.69 Å². The molecule has 0 spiro atoms. The highest BCUT2D eigenvalue weighted by atomic mass is 16.5. The molecule has 1 amide bonds. The van der Waals surface area contributed by atoms with Crippen molar-refractivity contribution in [3.63, 3.8) is 0 Å². The lowest BCUT2D eigenvalue weighted by atomic mass is 10.3. The number of hydrogen-bond acceptors (Lipinski definition) is 6. The average Bonchev–Trinajstić information content (AvgIpc) is 3.05.